The highest BCUT2D eigenvalue weighted by Gasteiger charge is 2.07. The average molecular weight is 310 g/mol. The predicted octanol–water partition coefficient (Wildman–Crippen LogP) is 3.69. The molecule has 1 aromatic heterocycles. The van der Waals surface area contributed by atoms with E-state index < -0.39 is 5.97 Å². The molecule has 0 aliphatic rings. The highest BCUT2D eigenvalue weighted by atomic mass is 79.9. The summed E-state index contributed by atoms with van der Waals surface area (Å²) >= 11 is 4.93. The molecule has 2 aromatic rings. The number of benzene rings is 1. The fourth-order valence-electron chi connectivity index (χ4n) is 1.25. The van der Waals surface area contributed by atoms with Crippen molar-refractivity contribution in [3.63, 3.8) is 0 Å². The first kappa shape index (κ1) is 12.1. The summed E-state index contributed by atoms with van der Waals surface area (Å²) in [6, 6.07) is 8.80. The van der Waals surface area contributed by atoms with Gasteiger partial charge in [-0.25, -0.2) is 4.79 Å². The van der Waals surface area contributed by atoms with Gasteiger partial charge in [0.25, 0.3) is 0 Å². The molecule has 2 rings (SSSR count). The number of carboxylic acid groups (broad SMARTS) is 1. The van der Waals surface area contributed by atoms with E-state index in [1.807, 2.05) is 12.1 Å². The van der Waals surface area contributed by atoms with Crippen LogP contribution in [0.1, 0.15) is 10.4 Å². The first-order chi connectivity index (χ1) is 8.16. The van der Waals surface area contributed by atoms with E-state index in [4.69, 9.17) is 5.11 Å². The number of aromatic nitrogens is 1. The molecule has 0 unspecified atom stereocenters. The smallest absolute Gasteiger partial charge is 0.335 e. The minimum absolute atomic E-state index is 0.274. The Morgan fingerprint density at radius 2 is 1.94 bits per heavy atom. The molecule has 0 bridgehead atoms. The lowest BCUT2D eigenvalue weighted by Crippen LogP contribution is -1.95. The molecular weight excluding hydrogens is 302 g/mol. The standard InChI is InChI=1S/C12H8BrNO2S/c13-10-7-8(12(15)16)1-2-11(10)17-9-3-5-14-6-4-9/h1-7H,(H,15,16). The van der Waals surface area contributed by atoms with Crippen LogP contribution in [0.5, 0.6) is 0 Å². The first-order valence-electron chi connectivity index (χ1n) is 4.77. The summed E-state index contributed by atoms with van der Waals surface area (Å²) in [5.41, 5.74) is 0.274. The number of carboxylic acids is 1. The number of halogens is 1. The molecule has 0 fully saturated rings. The topological polar surface area (TPSA) is 50.2 Å². The molecule has 3 nitrogen and oxygen atoms in total. The molecule has 0 spiro atoms. The third kappa shape index (κ3) is 3.08. The lowest BCUT2D eigenvalue weighted by molar-refractivity contribution is 0.0696. The van der Waals surface area contributed by atoms with Crippen LogP contribution in [0.2, 0.25) is 0 Å². The van der Waals surface area contributed by atoms with Gasteiger partial charge in [0.15, 0.2) is 0 Å². The van der Waals surface area contributed by atoms with Crippen LogP contribution in [0.25, 0.3) is 0 Å². The van der Waals surface area contributed by atoms with Crippen molar-refractivity contribution in [3.8, 4) is 0 Å². The van der Waals surface area contributed by atoms with E-state index in [0.717, 1.165) is 14.3 Å². The number of hydrogen-bond acceptors (Lipinski definition) is 3. The Labute approximate surface area is 111 Å². The van der Waals surface area contributed by atoms with E-state index in [-0.39, 0.29) is 5.56 Å². The van der Waals surface area contributed by atoms with Gasteiger partial charge in [-0.1, -0.05) is 11.8 Å². The van der Waals surface area contributed by atoms with Crippen LogP contribution < -0.4 is 0 Å². The van der Waals surface area contributed by atoms with E-state index in [1.165, 1.54) is 0 Å². The maximum atomic E-state index is 10.8. The van der Waals surface area contributed by atoms with Gasteiger partial charge in [0.05, 0.1) is 5.56 Å². The van der Waals surface area contributed by atoms with E-state index >= 15 is 0 Å². The molecule has 0 aliphatic carbocycles. The van der Waals surface area contributed by atoms with Crippen LogP contribution in [-0.4, -0.2) is 16.1 Å². The van der Waals surface area contributed by atoms with Gasteiger partial charge in [-0.3, -0.25) is 4.98 Å². The van der Waals surface area contributed by atoms with Crippen LogP contribution in [0, 0.1) is 0 Å². The highest BCUT2D eigenvalue weighted by molar-refractivity contribution is 9.10. The molecule has 0 radical (unpaired) electrons. The molecule has 86 valence electrons. The molecule has 1 N–H and O–H groups in total. The number of carbonyl (C=O) groups is 1. The molecule has 1 aromatic carbocycles. The lowest BCUT2D eigenvalue weighted by Gasteiger charge is -2.05. The number of hydrogen-bond donors (Lipinski definition) is 1. The van der Waals surface area contributed by atoms with Gasteiger partial charge in [0.1, 0.15) is 0 Å². The molecule has 0 saturated carbocycles. The monoisotopic (exact) mass is 309 g/mol. The minimum atomic E-state index is -0.925. The number of nitrogens with zero attached hydrogens (tertiary/aromatic N) is 1. The van der Waals surface area contributed by atoms with Crippen molar-refractivity contribution in [2.24, 2.45) is 0 Å². The summed E-state index contributed by atoms with van der Waals surface area (Å²) in [6.07, 6.45) is 3.45. The first-order valence-corrected chi connectivity index (χ1v) is 6.38. The second-order valence-electron chi connectivity index (χ2n) is 3.24. The normalized spacial score (nSPS) is 10.2. The van der Waals surface area contributed by atoms with Gasteiger partial charge in [0.2, 0.25) is 0 Å². The number of rotatable bonds is 3. The Hall–Kier alpha value is -1.33. The van der Waals surface area contributed by atoms with Crippen LogP contribution >= 0.6 is 27.7 Å². The maximum Gasteiger partial charge on any atom is 0.335 e. The minimum Gasteiger partial charge on any atom is -0.478 e. The zero-order valence-electron chi connectivity index (χ0n) is 8.63. The SMILES string of the molecule is O=C(O)c1ccc(Sc2ccncc2)c(Br)c1. The van der Waals surface area contributed by atoms with E-state index in [0.29, 0.717) is 0 Å². The van der Waals surface area contributed by atoms with E-state index in [2.05, 4.69) is 20.9 Å². The Balaban J connectivity index is 2.26. The highest BCUT2D eigenvalue weighted by Crippen LogP contribution is 2.33. The second-order valence-corrected chi connectivity index (χ2v) is 5.21. The predicted molar refractivity (Wildman–Crippen MR) is 69.5 cm³/mol. The third-order valence-electron chi connectivity index (χ3n) is 2.06. The van der Waals surface area contributed by atoms with Gasteiger partial charge in [-0.2, -0.15) is 0 Å². The molecule has 0 aliphatic heterocycles. The van der Waals surface area contributed by atoms with E-state index in [1.54, 1.807) is 42.4 Å². The molecular formula is C12H8BrNO2S. The molecule has 17 heavy (non-hydrogen) atoms. The number of pyridine rings is 1. The van der Waals surface area contributed by atoms with Crippen molar-refractivity contribution < 1.29 is 9.90 Å². The van der Waals surface area contributed by atoms with Gasteiger partial charge in [0, 0.05) is 26.7 Å². The van der Waals surface area contributed by atoms with Crippen molar-refractivity contribution in [3.05, 3.63) is 52.8 Å². The fourth-order valence-corrected chi connectivity index (χ4v) is 2.68. The number of aromatic carboxylic acids is 1. The van der Waals surface area contributed by atoms with Crippen LogP contribution in [0.4, 0.5) is 0 Å². The zero-order valence-corrected chi connectivity index (χ0v) is 11.0. The molecule has 0 saturated heterocycles. The third-order valence-corrected chi connectivity index (χ3v) is 4.06. The Morgan fingerprint density at radius 1 is 1.24 bits per heavy atom. The molecule has 0 atom stereocenters. The maximum absolute atomic E-state index is 10.8. The van der Waals surface area contributed by atoms with Gasteiger partial charge in [-0.05, 0) is 46.3 Å². The van der Waals surface area contributed by atoms with Crippen molar-refractivity contribution >= 4 is 33.7 Å². The zero-order chi connectivity index (χ0) is 12.3. The summed E-state index contributed by atoms with van der Waals surface area (Å²) in [5, 5.41) is 8.85. The van der Waals surface area contributed by atoms with Crippen LogP contribution in [0.15, 0.2) is 57.0 Å². The van der Waals surface area contributed by atoms with Crippen molar-refractivity contribution in [2.45, 2.75) is 9.79 Å². The quantitative estimate of drug-likeness (QED) is 0.939. The fraction of sp³-hybridized carbons (Fsp3) is 0. The van der Waals surface area contributed by atoms with Crippen molar-refractivity contribution in [2.75, 3.05) is 0 Å². The van der Waals surface area contributed by atoms with Crippen molar-refractivity contribution in [1.82, 2.24) is 4.98 Å². The summed E-state index contributed by atoms with van der Waals surface area (Å²) < 4.78 is 0.777. The second kappa shape index (κ2) is 5.33. The average Bonchev–Trinajstić information content (AvgIpc) is 2.33. The Bertz CT molecular complexity index is 545. The van der Waals surface area contributed by atoms with Gasteiger partial charge < -0.3 is 5.11 Å². The molecule has 5 heteroatoms. The van der Waals surface area contributed by atoms with E-state index in [9.17, 15) is 4.79 Å². The molecule has 0 amide bonds. The Morgan fingerprint density at radius 3 is 2.53 bits per heavy atom. The van der Waals surface area contributed by atoms with Crippen LogP contribution in [-0.2, 0) is 0 Å². The lowest BCUT2D eigenvalue weighted by atomic mass is 10.2. The molecule has 1 heterocycles. The summed E-state index contributed by atoms with van der Waals surface area (Å²) in [7, 11) is 0. The largest absolute Gasteiger partial charge is 0.478 e. The summed E-state index contributed by atoms with van der Waals surface area (Å²) in [5.74, 6) is -0.925. The van der Waals surface area contributed by atoms with Gasteiger partial charge >= 0.3 is 5.97 Å². The van der Waals surface area contributed by atoms with Gasteiger partial charge in [-0.15, -0.1) is 0 Å². The summed E-state index contributed by atoms with van der Waals surface area (Å²) in [4.78, 5) is 16.8. The Kier molecular flexibility index (Phi) is 3.81. The summed E-state index contributed by atoms with van der Waals surface area (Å²) in [6.45, 7) is 0. The van der Waals surface area contributed by atoms with Crippen LogP contribution in [0.3, 0.4) is 0 Å². The van der Waals surface area contributed by atoms with Crippen molar-refractivity contribution in [1.29, 1.82) is 0 Å².